The Morgan fingerprint density at radius 1 is 1.44 bits per heavy atom. The predicted molar refractivity (Wildman–Crippen MR) is 59.1 cm³/mol. The Balaban J connectivity index is 2.08. The molecule has 2 N–H and O–H groups in total. The fourth-order valence-electron chi connectivity index (χ4n) is 0.995. The van der Waals surface area contributed by atoms with Gasteiger partial charge >= 0.3 is 0 Å². The fourth-order valence-corrected chi connectivity index (χ4v) is 0.995. The molecule has 0 spiro atoms. The molecule has 6 nitrogen and oxygen atoms in total. The van der Waals surface area contributed by atoms with Crippen molar-refractivity contribution in [1.29, 1.82) is 0 Å². The van der Waals surface area contributed by atoms with Gasteiger partial charge in [-0.3, -0.25) is 4.98 Å². The van der Waals surface area contributed by atoms with Crippen LogP contribution in [0.5, 0.6) is 0 Å². The molecule has 2 aromatic rings. The van der Waals surface area contributed by atoms with Crippen molar-refractivity contribution in [3.8, 4) is 0 Å². The number of amidine groups is 1. The quantitative estimate of drug-likeness (QED) is 0.466. The largest absolute Gasteiger partial charge is 0.463 e. The number of nitrogens with zero attached hydrogens (tertiary/aromatic N) is 4. The zero-order chi connectivity index (χ0) is 11.2. The van der Waals surface area contributed by atoms with Gasteiger partial charge in [0, 0.05) is 12.4 Å². The lowest BCUT2D eigenvalue weighted by Crippen LogP contribution is -2.14. The summed E-state index contributed by atoms with van der Waals surface area (Å²) in [5.74, 6) is 0.812. The Morgan fingerprint density at radius 3 is 3.06 bits per heavy atom. The second-order valence-corrected chi connectivity index (χ2v) is 2.84. The molecule has 80 valence electrons. The molecule has 0 fully saturated rings. The average molecular weight is 215 g/mol. The van der Waals surface area contributed by atoms with Gasteiger partial charge in [-0.15, -0.1) is 5.10 Å². The summed E-state index contributed by atoms with van der Waals surface area (Å²) in [7, 11) is 0. The molecule has 0 aliphatic rings. The first-order valence-corrected chi connectivity index (χ1v) is 4.52. The van der Waals surface area contributed by atoms with E-state index >= 15 is 0 Å². The van der Waals surface area contributed by atoms with Crippen LogP contribution in [-0.4, -0.2) is 22.0 Å². The van der Waals surface area contributed by atoms with Crippen molar-refractivity contribution in [2.24, 2.45) is 15.9 Å². The van der Waals surface area contributed by atoms with E-state index < -0.39 is 0 Å². The van der Waals surface area contributed by atoms with E-state index in [2.05, 4.69) is 20.2 Å². The lowest BCUT2D eigenvalue weighted by atomic mass is 10.4. The average Bonchev–Trinajstić information content (AvgIpc) is 2.83. The van der Waals surface area contributed by atoms with Gasteiger partial charge in [-0.25, -0.2) is 4.98 Å². The van der Waals surface area contributed by atoms with E-state index in [4.69, 9.17) is 10.2 Å². The van der Waals surface area contributed by atoms with Crippen molar-refractivity contribution in [3.05, 3.63) is 48.4 Å². The molecule has 0 saturated carbocycles. The minimum atomic E-state index is 0.205. The van der Waals surface area contributed by atoms with Crippen LogP contribution in [0.3, 0.4) is 0 Å². The van der Waals surface area contributed by atoms with Crippen LogP contribution in [0.4, 0.5) is 0 Å². The van der Waals surface area contributed by atoms with E-state index in [1.165, 1.54) is 18.6 Å². The minimum absolute atomic E-state index is 0.205. The molecule has 0 bridgehead atoms. The predicted octanol–water partition coefficient (Wildman–Crippen LogP) is 0.809. The van der Waals surface area contributed by atoms with Crippen molar-refractivity contribution in [2.45, 2.75) is 0 Å². The molecule has 0 unspecified atom stereocenters. The van der Waals surface area contributed by atoms with Gasteiger partial charge in [0.2, 0.25) is 0 Å². The topological polar surface area (TPSA) is 89.7 Å². The summed E-state index contributed by atoms with van der Waals surface area (Å²) in [6.45, 7) is 0. The third-order valence-corrected chi connectivity index (χ3v) is 1.72. The van der Waals surface area contributed by atoms with Gasteiger partial charge in [0.15, 0.2) is 5.84 Å². The molecule has 0 saturated heterocycles. The zero-order valence-electron chi connectivity index (χ0n) is 8.32. The van der Waals surface area contributed by atoms with Crippen molar-refractivity contribution in [2.75, 3.05) is 0 Å². The number of aromatic nitrogens is 2. The second kappa shape index (κ2) is 4.83. The summed E-state index contributed by atoms with van der Waals surface area (Å²) in [4.78, 5) is 7.85. The van der Waals surface area contributed by atoms with E-state index in [1.807, 2.05) is 0 Å². The summed E-state index contributed by atoms with van der Waals surface area (Å²) in [5.41, 5.74) is 6.12. The van der Waals surface area contributed by atoms with Gasteiger partial charge in [0.05, 0.1) is 18.7 Å². The van der Waals surface area contributed by atoms with E-state index in [0.717, 1.165) is 0 Å². The van der Waals surface area contributed by atoms with Gasteiger partial charge in [-0.1, -0.05) is 0 Å². The van der Waals surface area contributed by atoms with Crippen LogP contribution in [0.2, 0.25) is 0 Å². The van der Waals surface area contributed by atoms with Gasteiger partial charge < -0.3 is 10.2 Å². The van der Waals surface area contributed by atoms with Crippen molar-refractivity contribution in [3.63, 3.8) is 0 Å². The highest BCUT2D eigenvalue weighted by Crippen LogP contribution is 1.96. The first kappa shape index (κ1) is 10.0. The van der Waals surface area contributed by atoms with Crippen molar-refractivity contribution < 1.29 is 4.42 Å². The molecule has 6 heteroatoms. The molecule has 0 amide bonds. The van der Waals surface area contributed by atoms with Crippen LogP contribution < -0.4 is 5.73 Å². The molecule has 2 heterocycles. The molecular weight excluding hydrogens is 206 g/mol. The summed E-state index contributed by atoms with van der Waals surface area (Å²) in [5, 5.41) is 7.54. The number of furan rings is 1. The molecule has 0 aliphatic heterocycles. The maximum Gasteiger partial charge on any atom is 0.173 e. The Bertz CT molecular complexity index is 489. The maximum absolute atomic E-state index is 5.64. The van der Waals surface area contributed by atoms with Crippen LogP contribution in [0, 0.1) is 0 Å². The first-order chi connectivity index (χ1) is 7.86. The second-order valence-electron chi connectivity index (χ2n) is 2.84. The third kappa shape index (κ3) is 2.50. The van der Waals surface area contributed by atoms with Crippen LogP contribution in [-0.2, 0) is 0 Å². The summed E-state index contributed by atoms with van der Waals surface area (Å²) in [6, 6.07) is 3.52. The van der Waals surface area contributed by atoms with Crippen LogP contribution in [0.15, 0.2) is 51.6 Å². The molecule has 0 aromatic carbocycles. The van der Waals surface area contributed by atoms with Crippen LogP contribution in [0.1, 0.15) is 11.5 Å². The summed E-state index contributed by atoms with van der Waals surface area (Å²) >= 11 is 0. The van der Waals surface area contributed by atoms with Gasteiger partial charge in [-0.2, -0.15) is 5.10 Å². The standard InChI is InChI=1S/C10H9N5O/c11-10(9-7-12-3-4-13-9)15-14-6-8-2-1-5-16-8/h1-7H,(H2,11,15)/b14-6+. The fraction of sp³-hybridized carbons (Fsp3) is 0. The normalized spacial score (nSPS) is 12.1. The molecular formula is C10H9N5O. The number of hydrogen-bond acceptors (Lipinski definition) is 5. The SMILES string of the molecule is N/C(=N\N=C\c1ccco1)c1cnccn1. The molecule has 0 atom stereocenters. The maximum atomic E-state index is 5.64. The Kier molecular flexibility index (Phi) is 3.03. The van der Waals surface area contributed by atoms with E-state index in [9.17, 15) is 0 Å². The summed E-state index contributed by atoms with van der Waals surface area (Å²) in [6.07, 6.45) is 7.62. The van der Waals surface area contributed by atoms with E-state index in [1.54, 1.807) is 24.6 Å². The van der Waals surface area contributed by atoms with E-state index in [-0.39, 0.29) is 5.84 Å². The minimum Gasteiger partial charge on any atom is -0.463 e. The molecule has 0 radical (unpaired) electrons. The Labute approximate surface area is 91.6 Å². The van der Waals surface area contributed by atoms with Gasteiger partial charge in [0.1, 0.15) is 11.5 Å². The van der Waals surface area contributed by atoms with E-state index in [0.29, 0.717) is 11.5 Å². The monoisotopic (exact) mass is 215 g/mol. The number of rotatable bonds is 3. The smallest absolute Gasteiger partial charge is 0.173 e. The molecule has 2 aromatic heterocycles. The third-order valence-electron chi connectivity index (χ3n) is 1.72. The lowest BCUT2D eigenvalue weighted by Gasteiger charge is -1.94. The molecule has 16 heavy (non-hydrogen) atoms. The number of nitrogens with two attached hydrogens (primary N) is 1. The highest BCUT2D eigenvalue weighted by atomic mass is 16.3. The van der Waals surface area contributed by atoms with Crippen molar-refractivity contribution in [1.82, 2.24) is 9.97 Å². The highest BCUT2D eigenvalue weighted by molar-refractivity contribution is 5.95. The zero-order valence-corrected chi connectivity index (χ0v) is 8.32. The Morgan fingerprint density at radius 2 is 2.38 bits per heavy atom. The lowest BCUT2D eigenvalue weighted by molar-refractivity contribution is 0.560. The Hall–Kier alpha value is -2.50. The first-order valence-electron chi connectivity index (χ1n) is 4.52. The van der Waals surface area contributed by atoms with Crippen molar-refractivity contribution >= 4 is 12.1 Å². The summed E-state index contributed by atoms with van der Waals surface area (Å²) < 4.78 is 5.03. The molecule has 2 rings (SSSR count). The van der Waals surface area contributed by atoms with Crippen LogP contribution in [0.25, 0.3) is 0 Å². The van der Waals surface area contributed by atoms with Crippen LogP contribution >= 0.6 is 0 Å². The molecule has 0 aliphatic carbocycles. The van der Waals surface area contributed by atoms with Gasteiger partial charge in [-0.05, 0) is 12.1 Å². The number of hydrogen-bond donors (Lipinski definition) is 1. The highest BCUT2D eigenvalue weighted by Gasteiger charge is 1.97. The van der Waals surface area contributed by atoms with Gasteiger partial charge in [0.25, 0.3) is 0 Å².